The summed E-state index contributed by atoms with van der Waals surface area (Å²) >= 11 is 0. The third-order valence-corrected chi connectivity index (χ3v) is 2.16. The van der Waals surface area contributed by atoms with E-state index in [9.17, 15) is 0 Å². The van der Waals surface area contributed by atoms with Gasteiger partial charge in [0.2, 0.25) is 0 Å². The summed E-state index contributed by atoms with van der Waals surface area (Å²) in [5, 5.41) is 13.4. The summed E-state index contributed by atoms with van der Waals surface area (Å²) in [6.45, 7) is 0. The van der Waals surface area contributed by atoms with Gasteiger partial charge in [-0.25, -0.2) is 5.43 Å². The van der Waals surface area contributed by atoms with Gasteiger partial charge in [0, 0.05) is 20.5 Å². The molecule has 5 heteroatoms. The van der Waals surface area contributed by atoms with E-state index in [1.165, 1.54) is 0 Å². The van der Waals surface area contributed by atoms with E-state index in [1.807, 2.05) is 49.4 Å². The molecule has 1 aromatic rings. The summed E-state index contributed by atoms with van der Waals surface area (Å²) in [6.07, 6.45) is 0.457. The maximum atomic E-state index is 8.59. The zero-order valence-electron chi connectivity index (χ0n) is 9.59. The lowest BCUT2D eigenvalue weighted by atomic mass is 10.0. The summed E-state index contributed by atoms with van der Waals surface area (Å²) in [6, 6.07) is 9.90. The average Bonchev–Trinajstić information content (AvgIpc) is 2.28. The Morgan fingerprint density at radius 1 is 1.44 bits per heavy atom. The van der Waals surface area contributed by atoms with Crippen molar-refractivity contribution in [2.24, 2.45) is 10.9 Å². The van der Waals surface area contributed by atoms with Crippen LogP contribution >= 0.6 is 0 Å². The minimum Gasteiger partial charge on any atom is -0.409 e. The smallest absolute Gasteiger partial charge is 0.141 e. The average molecular weight is 222 g/mol. The molecule has 0 aromatic heterocycles. The molecule has 5 nitrogen and oxygen atoms in total. The van der Waals surface area contributed by atoms with Crippen molar-refractivity contribution in [3.63, 3.8) is 0 Å². The van der Waals surface area contributed by atoms with E-state index in [1.54, 1.807) is 0 Å². The molecule has 0 amide bonds. The van der Waals surface area contributed by atoms with Crippen molar-refractivity contribution in [2.75, 3.05) is 14.1 Å². The number of nitrogens with two attached hydrogens (primary N) is 1. The molecule has 4 N–H and O–H groups in total. The van der Waals surface area contributed by atoms with Gasteiger partial charge in [0.1, 0.15) is 5.84 Å². The van der Waals surface area contributed by atoms with Gasteiger partial charge in [-0.1, -0.05) is 35.5 Å². The maximum Gasteiger partial charge on any atom is 0.141 e. The molecule has 16 heavy (non-hydrogen) atoms. The Morgan fingerprint density at radius 2 is 2.06 bits per heavy atom. The molecule has 1 atom stereocenters. The van der Waals surface area contributed by atoms with Crippen LogP contribution < -0.4 is 11.2 Å². The highest BCUT2D eigenvalue weighted by Gasteiger charge is 2.13. The number of benzene rings is 1. The van der Waals surface area contributed by atoms with Crippen LogP contribution in [0.5, 0.6) is 0 Å². The van der Waals surface area contributed by atoms with E-state index in [4.69, 9.17) is 10.9 Å². The van der Waals surface area contributed by atoms with Gasteiger partial charge < -0.3 is 10.9 Å². The number of hydrazine groups is 1. The Kier molecular flexibility index (Phi) is 4.75. The lowest BCUT2D eigenvalue weighted by Gasteiger charge is -2.22. The Morgan fingerprint density at radius 3 is 2.56 bits per heavy atom. The molecular formula is C11H18N4O. The van der Waals surface area contributed by atoms with Crippen LogP contribution in [0, 0.1) is 0 Å². The lowest BCUT2D eigenvalue weighted by molar-refractivity contribution is 0.243. The molecule has 1 unspecified atom stereocenters. The number of rotatable bonds is 5. The number of hydrogen-bond acceptors (Lipinski definition) is 4. The van der Waals surface area contributed by atoms with Crippen LogP contribution in [0.3, 0.4) is 0 Å². The topological polar surface area (TPSA) is 73.9 Å². The fraction of sp³-hybridized carbons (Fsp3) is 0.364. The van der Waals surface area contributed by atoms with E-state index >= 15 is 0 Å². The van der Waals surface area contributed by atoms with Gasteiger partial charge in [-0.15, -0.1) is 0 Å². The Labute approximate surface area is 95.5 Å². The first-order chi connectivity index (χ1) is 7.63. The van der Waals surface area contributed by atoms with Gasteiger partial charge in [0.25, 0.3) is 0 Å². The third-order valence-electron chi connectivity index (χ3n) is 2.16. The second-order valence-corrected chi connectivity index (χ2v) is 3.78. The van der Waals surface area contributed by atoms with Crippen molar-refractivity contribution in [3.8, 4) is 0 Å². The molecule has 0 saturated carbocycles. The van der Waals surface area contributed by atoms with Gasteiger partial charge in [0.15, 0.2) is 0 Å². The third kappa shape index (κ3) is 3.88. The number of oxime groups is 1. The van der Waals surface area contributed by atoms with Gasteiger partial charge in [-0.3, -0.25) is 5.01 Å². The predicted molar refractivity (Wildman–Crippen MR) is 64.0 cm³/mol. The van der Waals surface area contributed by atoms with Crippen LogP contribution in [0.1, 0.15) is 18.0 Å². The first-order valence-corrected chi connectivity index (χ1v) is 5.08. The highest BCUT2D eigenvalue weighted by Crippen LogP contribution is 2.16. The molecule has 0 radical (unpaired) electrons. The highest BCUT2D eigenvalue weighted by molar-refractivity contribution is 5.80. The molecule has 0 fully saturated rings. The molecule has 0 aliphatic rings. The summed E-state index contributed by atoms with van der Waals surface area (Å²) in [5.74, 6) is 0.211. The molecular weight excluding hydrogens is 204 g/mol. The number of nitrogens with zero attached hydrogens (tertiary/aromatic N) is 2. The normalized spacial score (nSPS) is 14.1. The molecule has 88 valence electrons. The zero-order valence-corrected chi connectivity index (χ0v) is 9.59. The minimum atomic E-state index is 0.00657. The van der Waals surface area contributed by atoms with E-state index < -0.39 is 0 Å². The number of hydrogen-bond donors (Lipinski definition) is 3. The van der Waals surface area contributed by atoms with Crippen molar-refractivity contribution in [1.29, 1.82) is 0 Å². The van der Waals surface area contributed by atoms with Crippen LogP contribution in [0.4, 0.5) is 0 Å². The zero-order chi connectivity index (χ0) is 12.0. The van der Waals surface area contributed by atoms with Crippen molar-refractivity contribution in [2.45, 2.75) is 12.5 Å². The fourth-order valence-corrected chi connectivity index (χ4v) is 1.49. The van der Waals surface area contributed by atoms with Crippen LogP contribution in [0.15, 0.2) is 35.5 Å². The van der Waals surface area contributed by atoms with Crippen LogP contribution in [0.25, 0.3) is 0 Å². The van der Waals surface area contributed by atoms with E-state index in [0.29, 0.717) is 6.42 Å². The quantitative estimate of drug-likeness (QED) is 0.300. The van der Waals surface area contributed by atoms with Crippen molar-refractivity contribution in [1.82, 2.24) is 10.4 Å². The monoisotopic (exact) mass is 222 g/mol. The summed E-state index contributed by atoms with van der Waals surface area (Å²) in [5.41, 5.74) is 9.85. The summed E-state index contributed by atoms with van der Waals surface area (Å²) in [4.78, 5) is 0. The van der Waals surface area contributed by atoms with Crippen LogP contribution in [0.2, 0.25) is 0 Å². The van der Waals surface area contributed by atoms with E-state index in [2.05, 4.69) is 10.6 Å². The van der Waals surface area contributed by atoms with E-state index in [0.717, 1.165) is 5.56 Å². The Hall–Kier alpha value is -1.59. The summed E-state index contributed by atoms with van der Waals surface area (Å²) < 4.78 is 0. The molecule has 0 saturated heterocycles. The molecule has 0 aliphatic heterocycles. The van der Waals surface area contributed by atoms with Gasteiger partial charge in [-0.2, -0.15) is 0 Å². The first kappa shape index (κ1) is 12.5. The van der Waals surface area contributed by atoms with E-state index in [-0.39, 0.29) is 11.9 Å². The maximum absolute atomic E-state index is 8.59. The highest BCUT2D eigenvalue weighted by atomic mass is 16.4. The Bertz CT molecular complexity index is 337. The van der Waals surface area contributed by atoms with Gasteiger partial charge >= 0.3 is 0 Å². The molecule has 1 aromatic carbocycles. The molecule has 1 rings (SSSR count). The van der Waals surface area contributed by atoms with Crippen LogP contribution in [-0.2, 0) is 0 Å². The molecule has 0 aliphatic carbocycles. The minimum absolute atomic E-state index is 0.00657. The van der Waals surface area contributed by atoms with Crippen molar-refractivity contribution >= 4 is 5.84 Å². The summed E-state index contributed by atoms with van der Waals surface area (Å²) in [7, 11) is 3.81. The molecule has 0 bridgehead atoms. The number of amidine groups is 1. The predicted octanol–water partition coefficient (Wildman–Crippen LogP) is 0.930. The second kappa shape index (κ2) is 6.09. The second-order valence-electron chi connectivity index (χ2n) is 3.78. The van der Waals surface area contributed by atoms with Crippen LogP contribution in [-0.4, -0.2) is 30.1 Å². The molecule has 0 spiro atoms. The number of nitrogens with one attached hydrogen (secondary N) is 1. The van der Waals surface area contributed by atoms with Crippen molar-refractivity contribution < 1.29 is 5.21 Å². The van der Waals surface area contributed by atoms with Crippen molar-refractivity contribution in [3.05, 3.63) is 35.9 Å². The SMILES string of the molecule is CN(C)NC(C/C(N)=N/O)c1ccccc1. The Balaban J connectivity index is 2.79. The molecule has 0 heterocycles. The fourth-order valence-electron chi connectivity index (χ4n) is 1.49. The lowest BCUT2D eigenvalue weighted by Crippen LogP contribution is -2.36. The van der Waals surface area contributed by atoms with Gasteiger partial charge in [0.05, 0.1) is 6.04 Å². The van der Waals surface area contributed by atoms with Gasteiger partial charge in [-0.05, 0) is 5.56 Å². The first-order valence-electron chi connectivity index (χ1n) is 5.08. The largest absolute Gasteiger partial charge is 0.409 e. The standard InChI is InChI=1S/C11H18N4O/c1-15(2)13-10(8-11(12)14-16)9-6-4-3-5-7-9/h3-7,10,13,16H,8H2,1-2H3,(H2,12,14).